The van der Waals surface area contributed by atoms with Gasteiger partial charge in [-0.2, -0.15) is 0 Å². The fourth-order valence-corrected chi connectivity index (χ4v) is 3.06. The Labute approximate surface area is 120 Å². The Hall–Kier alpha value is -1.80. The van der Waals surface area contributed by atoms with Crippen LogP contribution in [0.4, 0.5) is 0 Å². The first-order valence-corrected chi connectivity index (χ1v) is 7.23. The molecule has 1 aliphatic rings. The number of para-hydroxylation sites is 1. The smallest absolute Gasteiger partial charge is 0.122 e. The summed E-state index contributed by atoms with van der Waals surface area (Å²) in [7, 11) is 0. The Morgan fingerprint density at radius 2 is 1.65 bits per heavy atom. The molecular weight excluding hydrogens is 246 g/mol. The number of benzene rings is 2. The van der Waals surface area contributed by atoms with Gasteiger partial charge < -0.3 is 10.5 Å². The molecule has 0 aliphatic heterocycles. The second-order valence-electron chi connectivity index (χ2n) is 5.71. The second-order valence-corrected chi connectivity index (χ2v) is 5.71. The molecule has 3 atom stereocenters. The van der Waals surface area contributed by atoms with E-state index < -0.39 is 0 Å². The summed E-state index contributed by atoms with van der Waals surface area (Å²) in [6, 6.07) is 16.5. The molecule has 0 aromatic heterocycles. The van der Waals surface area contributed by atoms with Crippen molar-refractivity contribution in [3.8, 4) is 5.75 Å². The van der Waals surface area contributed by atoms with Crippen molar-refractivity contribution in [3.63, 3.8) is 0 Å². The molecule has 3 rings (SSSR count). The SMILES string of the molecule is Cc1ccccc1OC1CC(C)c2ccccc2C1N. The lowest BCUT2D eigenvalue weighted by molar-refractivity contribution is 0.143. The van der Waals surface area contributed by atoms with Crippen LogP contribution < -0.4 is 10.5 Å². The van der Waals surface area contributed by atoms with Crippen LogP contribution in [-0.4, -0.2) is 6.10 Å². The Morgan fingerprint density at radius 1 is 1.00 bits per heavy atom. The number of aryl methyl sites for hydroxylation is 1. The molecule has 0 spiro atoms. The molecule has 2 nitrogen and oxygen atoms in total. The van der Waals surface area contributed by atoms with Crippen molar-refractivity contribution >= 4 is 0 Å². The lowest BCUT2D eigenvalue weighted by atomic mass is 9.79. The van der Waals surface area contributed by atoms with Crippen LogP contribution in [0.1, 0.15) is 42.0 Å². The van der Waals surface area contributed by atoms with E-state index in [1.807, 2.05) is 18.2 Å². The lowest BCUT2D eigenvalue weighted by Gasteiger charge is -2.35. The van der Waals surface area contributed by atoms with Crippen molar-refractivity contribution in [1.29, 1.82) is 0 Å². The van der Waals surface area contributed by atoms with Crippen molar-refractivity contribution in [1.82, 2.24) is 0 Å². The summed E-state index contributed by atoms with van der Waals surface area (Å²) in [6.45, 7) is 4.32. The Kier molecular flexibility index (Phi) is 3.49. The van der Waals surface area contributed by atoms with Crippen LogP contribution in [0, 0.1) is 6.92 Å². The van der Waals surface area contributed by atoms with Crippen molar-refractivity contribution in [2.75, 3.05) is 0 Å². The van der Waals surface area contributed by atoms with E-state index in [0.717, 1.165) is 17.7 Å². The lowest BCUT2D eigenvalue weighted by Crippen LogP contribution is -2.37. The molecule has 0 saturated carbocycles. The standard InChI is InChI=1S/C18H21NO/c1-12-7-3-6-10-16(12)20-17-11-13(2)14-8-4-5-9-15(14)18(17)19/h3-10,13,17-18H,11,19H2,1-2H3. The van der Waals surface area contributed by atoms with Crippen LogP contribution in [0.3, 0.4) is 0 Å². The molecule has 0 saturated heterocycles. The summed E-state index contributed by atoms with van der Waals surface area (Å²) in [5.74, 6) is 1.43. The van der Waals surface area contributed by atoms with E-state index in [4.69, 9.17) is 10.5 Å². The van der Waals surface area contributed by atoms with E-state index in [1.54, 1.807) is 0 Å². The summed E-state index contributed by atoms with van der Waals surface area (Å²) < 4.78 is 6.20. The van der Waals surface area contributed by atoms with E-state index in [2.05, 4.69) is 44.2 Å². The fourth-order valence-electron chi connectivity index (χ4n) is 3.06. The highest BCUT2D eigenvalue weighted by molar-refractivity contribution is 5.37. The van der Waals surface area contributed by atoms with Crippen molar-refractivity contribution < 1.29 is 4.74 Å². The normalized spacial score (nSPS) is 25.1. The van der Waals surface area contributed by atoms with Gasteiger partial charge in [0.2, 0.25) is 0 Å². The van der Waals surface area contributed by atoms with Gasteiger partial charge in [0.1, 0.15) is 11.9 Å². The topological polar surface area (TPSA) is 35.2 Å². The van der Waals surface area contributed by atoms with Gasteiger partial charge in [-0.25, -0.2) is 0 Å². The number of ether oxygens (including phenoxy) is 1. The molecule has 1 aliphatic carbocycles. The highest BCUT2D eigenvalue weighted by Crippen LogP contribution is 2.38. The highest BCUT2D eigenvalue weighted by Gasteiger charge is 2.32. The van der Waals surface area contributed by atoms with Crippen molar-refractivity contribution in [2.24, 2.45) is 5.73 Å². The Balaban J connectivity index is 1.88. The molecule has 0 amide bonds. The molecule has 0 heterocycles. The van der Waals surface area contributed by atoms with E-state index in [1.165, 1.54) is 11.1 Å². The summed E-state index contributed by atoms with van der Waals surface area (Å²) in [5, 5.41) is 0. The quantitative estimate of drug-likeness (QED) is 0.894. The van der Waals surface area contributed by atoms with E-state index in [-0.39, 0.29) is 12.1 Å². The van der Waals surface area contributed by atoms with E-state index in [9.17, 15) is 0 Å². The molecule has 0 fully saturated rings. The Morgan fingerprint density at radius 3 is 2.40 bits per heavy atom. The number of hydrogen-bond acceptors (Lipinski definition) is 2. The molecule has 2 heteroatoms. The minimum Gasteiger partial charge on any atom is -0.488 e. The summed E-state index contributed by atoms with van der Waals surface area (Å²) in [5.41, 5.74) is 10.2. The predicted octanol–water partition coefficient (Wildman–Crippen LogP) is 3.95. The van der Waals surface area contributed by atoms with Gasteiger partial charge in [-0.15, -0.1) is 0 Å². The maximum absolute atomic E-state index is 6.43. The van der Waals surface area contributed by atoms with Gasteiger partial charge in [-0.3, -0.25) is 0 Å². The minimum absolute atomic E-state index is 0.0426. The fraction of sp³-hybridized carbons (Fsp3) is 0.333. The summed E-state index contributed by atoms with van der Waals surface area (Å²) >= 11 is 0. The maximum atomic E-state index is 6.43. The first-order valence-electron chi connectivity index (χ1n) is 7.23. The first-order chi connectivity index (χ1) is 9.66. The molecule has 0 radical (unpaired) electrons. The number of rotatable bonds is 2. The monoisotopic (exact) mass is 267 g/mol. The van der Waals surface area contributed by atoms with Crippen LogP contribution in [0.5, 0.6) is 5.75 Å². The van der Waals surface area contributed by atoms with Crippen LogP contribution in [-0.2, 0) is 0 Å². The van der Waals surface area contributed by atoms with E-state index in [0.29, 0.717) is 5.92 Å². The zero-order valence-corrected chi connectivity index (χ0v) is 12.0. The maximum Gasteiger partial charge on any atom is 0.122 e. The van der Waals surface area contributed by atoms with Crippen molar-refractivity contribution in [3.05, 3.63) is 65.2 Å². The average molecular weight is 267 g/mol. The largest absolute Gasteiger partial charge is 0.488 e. The van der Waals surface area contributed by atoms with Gasteiger partial charge in [0.05, 0.1) is 6.04 Å². The second kappa shape index (κ2) is 5.29. The average Bonchev–Trinajstić information content (AvgIpc) is 2.47. The van der Waals surface area contributed by atoms with Gasteiger partial charge in [-0.1, -0.05) is 49.4 Å². The van der Waals surface area contributed by atoms with Crippen molar-refractivity contribution in [2.45, 2.75) is 38.3 Å². The third-order valence-electron chi connectivity index (χ3n) is 4.24. The minimum atomic E-state index is -0.0537. The molecule has 0 bridgehead atoms. The summed E-state index contributed by atoms with van der Waals surface area (Å²) in [6.07, 6.45) is 1.01. The molecule has 2 N–H and O–H groups in total. The van der Waals surface area contributed by atoms with E-state index >= 15 is 0 Å². The third kappa shape index (κ3) is 2.32. The summed E-state index contributed by atoms with van der Waals surface area (Å²) in [4.78, 5) is 0. The molecule has 104 valence electrons. The molecule has 3 unspecified atom stereocenters. The molecule has 20 heavy (non-hydrogen) atoms. The first kappa shape index (κ1) is 13.2. The van der Waals surface area contributed by atoms with Gasteiger partial charge in [0.25, 0.3) is 0 Å². The predicted molar refractivity (Wildman–Crippen MR) is 82.0 cm³/mol. The van der Waals surface area contributed by atoms with Gasteiger partial charge >= 0.3 is 0 Å². The molecule has 2 aromatic carbocycles. The number of nitrogens with two attached hydrogens (primary N) is 1. The number of fused-ring (bicyclic) bond motifs is 1. The van der Waals surface area contributed by atoms with Crippen LogP contribution in [0.25, 0.3) is 0 Å². The zero-order chi connectivity index (χ0) is 14.1. The molecular formula is C18H21NO. The third-order valence-corrected chi connectivity index (χ3v) is 4.24. The highest BCUT2D eigenvalue weighted by atomic mass is 16.5. The molecule has 2 aromatic rings. The van der Waals surface area contributed by atoms with Crippen LogP contribution in [0.15, 0.2) is 48.5 Å². The van der Waals surface area contributed by atoms with Crippen LogP contribution in [0.2, 0.25) is 0 Å². The van der Waals surface area contributed by atoms with Gasteiger partial charge in [0, 0.05) is 0 Å². The van der Waals surface area contributed by atoms with Gasteiger partial charge in [-0.05, 0) is 42.0 Å². The van der Waals surface area contributed by atoms with Crippen LogP contribution >= 0.6 is 0 Å². The van der Waals surface area contributed by atoms with Gasteiger partial charge in [0.15, 0.2) is 0 Å². The number of hydrogen-bond donors (Lipinski definition) is 1. The Bertz CT molecular complexity index is 608. The zero-order valence-electron chi connectivity index (χ0n) is 12.0.